The number of thioether (sulfide) groups is 1. The second-order valence-corrected chi connectivity index (χ2v) is 5.58. The van der Waals surface area contributed by atoms with Gasteiger partial charge in [-0.05, 0) is 38.1 Å². The van der Waals surface area contributed by atoms with Crippen molar-refractivity contribution in [2.45, 2.75) is 18.7 Å². The zero-order valence-corrected chi connectivity index (χ0v) is 12.2. The van der Waals surface area contributed by atoms with E-state index in [1.807, 2.05) is 38.1 Å². The molecule has 0 fully saturated rings. The predicted octanol–water partition coefficient (Wildman–Crippen LogP) is 3.41. The van der Waals surface area contributed by atoms with Crippen LogP contribution in [-0.4, -0.2) is 21.9 Å². The molecule has 1 amide bonds. The maximum Gasteiger partial charge on any atom is 0.234 e. The van der Waals surface area contributed by atoms with Crippen molar-refractivity contribution in [1.29, 1.82) is 0 Å². The highest BCUT2D eigenvalue weighted by molar-refractivity contribution is 8.00. The molecule has 0 aliphatic rings. The lowest BCUT2D eigenvalue weighted by Gasteiger charge is -2.05. The van der Waals surface area contributed by atoms with Crippen LogP contribution in [0.25, 0.3) is 0 Å². The summed E-state index contributed by atoms with van der Waals surface area (Å²) < 4.78 is 0. The number of halogens is 1. The second kappa shape index (κ2) is 6.12. The summed E-state index contributed by atoms with van der Waals surface area (Å²) in [5.74, 6) is 0.304. The maximum atomic E-state index is 11.9. The van der Waals surface area contributed by atoms with Crippen LogP contribution in [0.4, 0.5) is 5.69 Å². The van der Waals surface area contributed by atoms with Gasteiger partial charge in [0, 0.05) is 9.92 Å². The Labute approximate surface area is 120 Å². The van der Waals surface area contributed by atoms with Crippen molar-refractivity contribution in [2.75, 3.05) is 11.1 Å². The summed E-state index contributed by atoms with van der Waals surface area (Å²) in [6, 6.07) is 7.42. The Bertz CT molecular complexity index is 561. The molecule has 0 spiro atoms. The third-order valence-corrected chi connectivity index (χ3v) is 3.84. The lowest BCUT2D eigenvalue weighted by Crippen LogP contribution is -2.14. The number of nitrogens with one attached hydrogen (secondary N) is 2. The third kappa shape index (κ3) is 3.75. The van der Waals surface area contributed by atoms with Gasteiger partial charge in [0.2, 0.25) is 5.91 Å². The van der Waals surface area contributed by atoms with E-state index in [1.165, 1.54) is 11.8 Å². The molecule has 1 aromatic heterocycles. The molecule has 2 rings (SSSR count). The van der Waals surface area contributed by atoms with E-state index in [0.29, 0.717) is 10.8 Å². The molecule has 4 nitrogen and oxygen atoms in total. The van der Waals surface area contributed by atoms with Crippen LogP contribution >= 0.6 is 23.4 Å². The van der Waals surface area contributed by atoms with Crippen LogP contribution in [0.3, 0.4) is 0 Å². The summed E-state index contributed by atoms with van der Waals surface area (Å²) in [4.78, 5) is 12.9. The van der Waals surface area contributed by atoms with Crippen molar-refractivity contribution in [2.24, 2.45) is 0 Å². The summed E-state index contributed by atoms with van der Waals surface area (Å²) >= 11 is 7.27. The van der Waals surface area contributed by atoms with Crippen LogP contribution in [0.15, 0.2) is 29.2 Å². The number of hydrogen-bond donors (Lipinski definition) is 2. The van der Waals surface area contributed by atoms with E-state index in [2.05, 4.69) is 15.5 Å². The standard InChI is InChI=1S/C13H14ClN3OS/c1-8-13(9(2)17-16-8)15-12(18)7-19-11-5-3-10(14)4-6-11/h3-6H,7H2,1-2H3,(H,15,18)(H,16,17). The molecule has 0 unspecified atom stereocenters. The highest BCUT2D eigenvalue weighted by Crippen LogP contribution is 2.21. The van der Waals surface area contributed by atoms with Gasteiger partial charge < -0.3 is 5.32 Å². The number of carbonyl (C=O) groups excluding carboxylic acids is 1. The normalized spacial score (nSPS) is 10.5. The summed E-state index contributed by atoms with van der Waals surface area (Å²) in [5.41, 5.74) is 2.42. The molecule has 2 N–H and O–H groups in total. The summed E-state index contributed by atoms with van der Waals surface area (Å²) in [6.45, 7) is 3.73. The Balaban J connectivity index is 1.90. The molecule has 19 heavy (non-hydrogen) atoms. The first-order valence-corrected chi connectivity index (χ1v) is 7.12. The molecular weight excluding hydrogens is 282 g/mol. The van der Waals surface area contributed by atoms with Crippen LogP contribution in [0.1, 0.15) is 11.4 Å². The largest absolute Gasteiger partial charge is 0.322 e. The Morgan fingerprint density at radius 2 is 2.05 bits per heavy atom. The summed E-state index contributed by atoms with van der Waals surface area (Å²) in [5, 5.41) is 10.4. The average Bonchev–Trinajstić information content (AvgIpc) is 2.70. The molecule has 0 radical (unpaired) electrons. The van der Waals surface area contributed by atoms with E-state index < -0.39 is 0 Å². The number of rotatable bonds is 4. The van der Waals surface area contributed by atoms with Crippen molar-refractivity contribution in [1.82, 2.24) is 10.2 Å². The molecule has 6 heteroatoms. The van der Waals surface area contributed by atoms with E-state index in [0.717, 1.165) is 22.0 Å². The Hall–Kier alpha value is -1.46. The van der Waals surface area contributed by atoms with Gasteiger partial charge in [0.25, 0.3) is 0 Å². The van der Waals surface area contributed by atoms with Crippen molar-refractivity contribution in [3.63, 3.8) is 0 Å². The Kier molecular flexibility index (Phi) is 4.50. The monoisotopic (exact) mass is 295 g/mol. The number of benzene rings is 1. The van der Waals surface area contributed by atoms with E-state index in [4.69, 9.17) is 11.6 Å². The van der Waals surface area contributed by atoms with Crippen LogP contribution in [0.2, 0.25) is 5.02 Å². The van der Waals surface area contributed by atoms with Gasteiger partial charge in [-0.1, -0.05) is 11.6 Å². The van der Waals surface area contributed by atoms with Gasteiger partial charge >= 0.3 is 0 Å². The zero-order chi connectivity index (χ0) is 13.8. The molecule has 0 aliphatic carbocycles. The highest BCUT2D eigenvalue weighted by atomic mass is 35.5. The highest BCUT2D eigenvalue weighted by Gasteiger charge is 2.10. The quantitative estimate of drug-likeness (QED) is 0.850. The van der Waals surface area contributed by atoms with Crippen LogP contribution in [0, 0.1) is 13.8 Å². The first-order chi connectivity index (χ1) is 9.06. The van der Waals surface area contributed by atoms with Gasteiger partial charge in [-0.25, -0.2) is 0 Å². The van der Waals surface area contributed by atoms with E-state index in [-0.39, 0.29) is 5.91 Å². The number of aryl methyl sites for hydroxylation is 2. The lowest BCUT2D eigenvalue weighted by molar-refractivity contribution is -0.113. The minimum atomic E-state index is -0.0486. The number of aromatic nitrogens is 2. The van der Waals surface area contributed by atoms with Crippen molar-refractivity contribution < 1.29 is 4.79 Å². The van der Waals surface area contributed by atoms with Gasteiger partial charge in [-0.3, -0.25) is 9.89 Å². The zero-order valence-electron chi connectivity index (χ0n) is 10.7. The van der Waals surface area contributed by atoms with Crippen LogP contribution in [-0.2, 0) is 4.79 Å². The van der Waals surface area contributed by atoms with Crippen LogP contribution < -0.4 is 5.32 Å². The molecule has 0 atom stereocenters. The summed E-state index contributed by atoms with van der Waals surface area (Å²) in [6.07, 6.45) is 0. The van der Waals surface area contributed by atoms with Gasteiger partial charge in [0.15, 0.2) is 0 Å². The molecule has 0 aliphatic heterocycles. The number of aromatic amines is 1. The first-order valence-electron chi connectivity index (χ1n) is 5.76. The molecular formula is C13H14ClN3OS. The molecule has 0 bridgehead atoms. The fourth-order valence-electron chi connectivity index (χ4n) is 1.59. The second-order valence-electron chi connectivity index (χ2n) is 4.10. The molecule has 0 saturated heterocycles. The minimum absolute atomic E-state index is 0.0486. The van der Waals surface area contributed by atoms with E-state index in [9.17, 15) is 4.79 Å². The molecule has 1 heterocycles. The predicted molar refractivity (Wildman–Crippen MR) is 78.9 cm³/mol. The fourth-order valence-corrected chi connectivity index (χ4v) is 2.41. The number of nitrogens with zero attached hydrogens (tertiary/aromatic N) is 1. The molecule has 2 aromatic rings. The average molecular weight is 296 g/mol. The van der Waals surface area contributed by atoms with E-state index in [1.54, 1.807) is 0 Å². The third-order valence-electron chi connectivity index (χ3n) is 2.58. The smallest absolute Gasteiger partial charge is 0.234 e. The molecule has 1 aromatic carbocycles. The van der Waals surface area contributed by atoms with Crippen molar-refractivity contribution >= 4 is 35.0 Å². The first kappa shape index (κ1) is 14.0. The van der Waals surface area contributed by atoms with Gasteiger partial charge in [-0.2, -0.15) is 5.10 Å². The topological polar surface area (TPSA) is 57.8 Å². The molecule has 0 saturated carbocycles. The summed E-state index contributed by atoms with van der Waals surface area (Å²) in [7, 11) is 0. The fraction of sp³-hybridized carbons (Fsp3) is 0.231. The lowest BCUT2D eigenvalue weighted by atomic mass is 10.3. The van der Waals surface area contributed by atoms with Crippen LogP contribution in [0.5, 0.6) is 0 Å². The van der Waals surface area contributed by atoms with Gasteiger partial charge in [-0.15, -0.1) is 11.8 Å². The number of anilines is 1. The minimum Gasteiger partial charge on any atom is -0.322 e. The molecule has 100 valence electrons. The van der Waals surface area contributed by atoms with Crippen molar-refractivity contribution in [3.05, 3.63) is 40.7 Å². The van der Waals surface area contributed by atoms with Gasteiger partial charge in [0.1, 0.15) is 0 Å². The Morgan fingerprint density at radius 3 is 2.63 bits per heavy atom. The number of carbonyl (C=O) groups is 1. The van der Waals surface area contributed by atoms with Gasteiger partial charge in [0.05, 0.1) is 22.8 Å². The number of H-pyrrole nitrogens is 1. The Morgan fingerprint density at radius 1 is 1.37 bits per heavy atom. The van der Waals surface area contributed by atoms with E-state index >= 15 is 0 Å². The number of amides is 1. The maximum absolute atomic E-state index is 11.9. The SMILES string of the molecule is Cc1n[nH]c(C)c1NC(=O)CSc1ccc(Cl)cc1. The number of hydrogen-bond acceptors (Lipinski definition) is 3. The van der Waals surface area contributed by atoms with Crippen molar-refractivity contribution in [3.8, 4) is 0 Å².